The van der Waals surface area contributed by atoms with Crippen molar-refractivity contribution in [1.82, 2.24) is 4.57 Å². The van der Waals surface area contributed by atoms with Gasteiger partial charge in [0.15, 0.2) is 4.80 Å². The van der Waals surface area contributed by atoms with Gasteiger partial charge in [-0.25, -0.2) is 0 Å². The summed E-state index contributed by atoms with van der Waals surface area (Å²) in [5, 5.41) is 0. The number of aromatic nitrogens is 1. The second kappa shape index (κ2) is 8.36. The van der Waals surface area contributed by atoms with Gasteiger partial charge in [0.1, 0.15) is 5.75 Å². The Balaban J connectivity index is 1.71. The molecule has 4 nitrogen and oxygen atoms in total. The molecular formula is C19H20N2O2S2. The second-order valence-electron chi connectivity index (χ2n) is 5.42. The van der Waals surface area contributed by atoms with Crippen LogP contribution in [0.25, 0.3) is 10.2 Å². The molecule has 0 aliphatic rings. The number of ether oxygens (including phenoxy) is 1. The molecule has 3 aromatic rings. The predicted molar refractivity (Wildman–Crippen MR) is 104 cm³/mol. The molecule has 0 saturated heterocycles. The highest BCUT2D eigenvalue weighted by Gasteiger charge is 2.07. The number of benzene rings is 2. The zero-order chi connectivity index (χ0) is 17.6. The van der Waals surface area contributed by atoms with Crippen LogP contribution in [0.5, 0.6) is 5.75 Å². The maximum Gasteiger partial charge on any atom is 0.249 e. The average Bonchev–Trinajstić information content (AvgIpc) is 2.91. The smallest absolute Gasteiger partial charge is 0.249 e. The molecule has 0 saturated carbocycles. The Morgan fingerprint density at radius 3 is 2.80 bits per heavy atom. The molecule has 2 aromatic carbocycles. The van der Waals surface area contributed by atoms with Gasteiger partial charge in [0.25, 0.3) is 0 Å². The van der Waals surface area contributed by atoms with E-state index in [2.05, 4.69) is 4.99 Å². The minimum absolute atomic E-state index is 0.0874. The quantitative estimate of drug-likeness (QED) is 0.608. The Labute approximate surface area is 155 Å². The number of aryl methyl sites for hydroxylation is 1. The van der Waals surface area contributed by atoms with Crippen LogP contribution in [0.3, 0.4) is 0 Å². The van der Waals surface area contributed by atoms with Gasteiger partial charge in [-0.2, -0.15) is 4.99 Å². The van der Waals surface area contributed by atoms with E-state index < -0.39 is 0 Å². The fourth-order valence-electron chi connectivity index (χ4n) is 2.41. The number of hydrogen-bond acceptors (Lipinski definition) is 4. The third kappa shape index (κ3) is 4.52. The summed E-state index contributed by atoms with van der Waals surface area (Å²) in [7, 11) is 1.93. The maximum atomic E-state index is 12.2. The molecule has 0 fully saturated rings. The number of rotatable bonds is 6. The number of carbonyl (C=O) groups excluding carboxylic acids is 1. The summed E-state index contributed by atoms with van der Waals surface area (Å²) in [5.74, 6) is 1.49. The van der Waals surface area contributed by atoms with Crippen molar-refractivity contribution in [2.45, 2.75) is 18.2 Å². The molecule has 130 valence electrons. The summed E-state index contributed by atoms with van der Waals surface area (Å²) in [4.78, 5) is 18.4. The van der Waals surface area contributed by atoms with E-state index >= 15 is 0 Å². The van der Waals surface area contributed by atoms with Gasteiger partial charge in [-0.1, -0.05) is 29.5 Å². The topological polar surface area (TPSA) is 43.6 Å². The van der Waals surface area contributed by atoms with Crippen molar-refractivity contribution < 1.29 is 9.53 Å². The van der Waals surface area contributed by atoms with Crippen LogP contribution in [0.15, 0.2) is 58.4 Å². The largest absolute Gasteiger partial charge is 0.494 e. The summed E-state index contributed by atoms with van der Waals surface area (Å²) in [6.45, 7) is 2.60. The number of amides is 1. The van der Waals surface area contributed by atoms with E-state index in [1.807, 2.05) is 67.1 Å². The number of hydrogen-bond donors (Lipinski definition) is 0. The van der Waals surface area contributed by atoms with Gasteiger partial charge in [-0.05, 0) is 37.3 Å². The molecule has 25 heavy (non-hydrogen) atoms. The molecule has 0 aliphatic carbocycles. The Bertz CT molecular complexity index is 929. The fourth-order valence-corrected chi connectivity index (χ4v) is 4.34. The molecule has 0 radical (unpaired) electrons. The summed E-state index contributed by atoms with van der Waals surface area (Å²) in [6, 6.07) is 16.0. The van der Waals surface area contributed by atoms with Crippen molar-refractivity contribution in [2.75, 3.05) is 12.4 Å². The van der Waals surface area contributed by atoms with E-state index in [0.29, 0.717) is 13.0 Å². The van der Waals surface area contributed by atoms with Gasteiger partial charge in [0.2, 0.25) is 5.91 Å². The molecule has 0 N–H and O–H groups in total. The first-order valence-electron chi connectivity index (χ1n) is 8.15. The van der Waals surface area contributed by atoms with E-state index in [-0.39, 0.29) is 5.91 Å². The maximum absolute atomic E-state index is 12.2. The lowest BCUT2D eigenvalue weighted by Crippen LogP contribution is -2.13. The van der Waals surface area contributed by atoms with Gasteiger partial charge < -0.3 is 9.30 Å². The fraction of sp³-hybridized carbons (Fsp3) is 0.263. The van der Waals surface area contributed by atoms with Crippen LogP contribution >= 0.6 is 23.1 Å². The van der Waals surface area contributed by atoms with Crippen LogP contribution in [0.1, 0.15) is 13.3 Å². The SMILES string of the molecule is CCOc1ccc2c(c1)sc(=NC(=O)CCSc1ccccc1)n2C. The Morgan fingerprint density at radius 2 is 2.04 bits per heavy atom. The lowest BCUT2D eigenvalue weighted by atomic mass is 10.3. The molecule has 1 amide bonds. The van der Waals surface area contributed by atoms with Crippen molar-refractivity contribution in [3.8, 4) is 5.75 Å². The Kier molecular flexibility index (Phi) is 5.94. The number of nitrogens with zero attached hydrogens (tertiary/aromatic N) is 2. The summed E-state index contributed by atoms with van der Waals surface area (Å²) in [5.41, 5.74) is 1.05. The molecule has 6 heteroatoms. The monoisotopic (exact) mass is 372 g/mol. The Hall–Kier alpha value is -2.05. The van der Waals surface area contributed by atoms with Crippen LogP contribution in [0, 0.1) is 0 Å². The molecule has 3 rings (SSSR count). The summed E-state index contributed by atoms with van der Waals surface area (Å²) < 4.78 is 8.56. The van der Waals surface area contributed by atoms with Crippen LogP contribution in [-0.4, -0.2) is 22.8 Å². The van der Waals surface area contributed by atoms with E-state index in [4.69, 9.17) is 4.74 Å². The van der Waals surface area contributed by atoms with Crippen molar-refractivity contribution in [3.05, 3.63) is 53.3 Å². The number of fused-ring (bicyclic) bond motifs is 1. The zero-order valence-electron chi connectivity index (χ0n) is 14.3. The van der Waals surface area contributed by atoms with Crippen molar-refractivity contribution in [3.63, 3.8) is 0 Å². The molecule has 0 aliphatic heterocycles. The Morgan fingerprint density at radius 1 is 1.24 bits per heavy atom. The van der Waals surface area contributed by atoms with Crippen molar-refractivity contribution in [2.24, 2.45) is 12.0 Å². The second-order valence-corrected chi connectivity index (χ2v) is 7.60. The van der Waals surface area contributed by atoms with Gasteiger partial charge in [0.05, 0.1) is 16.8 Å². The first kappa shape index (κ1) is 17.8. The number of thiazole rings is 1. The van der Waals surface area contributed by atoms with Gasteiger partial charge in [-0.3, -0.25) is 4.79 Å². The third-order valence-corrected chi connectivity index (χ3v) is 5.75. The molecule has 0 unspecified atom stereocenters. The predicted octanol–water partition coefficient (Wildman–Crippen LogP) is 4.25. The van der Waals surface area contributed by atoms with E-state index in [1.165, 1.54) is 16.2 Å². The van der Waals surface area contributed by atoms with Crippen LogP contribution in [-0.2, 0) is 11.8 Å². The molecule has 0 atom stereocenters. The van der Waals surface area contributed by atoms with Gasteiger partial charge in [-0.15, -0.1) is 11.8 Å². The van der Waals surface area contributed by atoms with Crippen molar-refractivity contribution >= 4 is 39.2 Å². The van der Waals surface area contributed by atoms with Gasteiger partial charge >= 0.3 is 0 Å². The average molecular weight is 373 g/mol. The van der Waals surface area contributed by atoms with Crippen LogP contribution in [0.4, 0.5) is 0 Å². The molecule has 0 spiro atoms. The highest BCUT2D eigenvalue weighted by atomic mass is 32.2. The molecule has 1 heterocycles. The van der Waals surface area contributed by atoms with Crippen LogP contribution in [0.2, 0.25) is 0 Å². The van der Waals surface area contributed by atoms with E-state index in [9.17, 15) is 4.79 Å². The highest BCUT2D eigenvalue weighted by molar-refractivity contribution is 7.99. The zero-order valence-corrected chi connectivity index (χ0v) is 15.9. The highest BCUT2D eigenvalue weighted by Crippen LogP contribution is 2.23. The third-order valence-electron chi connectivity index (χ3n) is 3.64. The molecule has 0 bridgehead atoms. The minimum atomic E-state index is -0.0874. The van der Waals surface area contributed by atoms with E-state index in [0.717, 1.165) is 26.5 Å². The van der Waals surface area contributed by atoms with E-state index in [1.54, 1.807) is 11.8 Å². The summed E-state index contributed by atoms with van der Waals surface area (Å²) >= 11 is 3.19. The number of carbonyl (C=O) groups is 1. The minimum Gasteiger partial charge on any atom is -0.494 e. The first-order chi connectivity index (χ1) is 12.2. The lowest BCUT2D eigenvalue weighted by Gasteiger charge is -2.02. The lowest BCUT2D eigenvalue weighted by molar-refractivity contribution is -0.117. The normalized spacial score (nSPS) is 11.8. The standard InChI is InChI=1S/C19H20N2O2S2/c1-3-23-14-9-10-16-17(13-14)25-19(21(16)2)20-18(22)11-12-24-15-7-5-4-6-8-15/h4-10,13H,3,11-12H2,1-2H3. The van der Waals surface area contributed by atoms with Gasteiger partial charge in [0, 0.05) is 24.1 Å². The summed E-state index contributed by atoms with van der Waals surface area (Å²) in [6.07, 6.45) is 0.429. The van der Waals surface area contributed by atoms with Crippen molar-refractivity contribution in [1.29, 1.82) is 0 Å². The molecule has 1 aromatic heterocycles. The first-order valence-corrected chi connectivity index (χ1v) is 9.95. The molecular weight excluding hydrogens is 352 g/mol. The van der Waals surface area contributed by atoms with Crippen LogP contribution < -0.4 is 9.54 Å². The number of thioether (sulfide) groups is 1.